The Labute approximate surface area is 114 Å². The molecular formula is C15H24BrN. The average Bonchev–Trinajstić information content (AvgIpc) is 2.27. The lowest BCUT2D eigenvalue weighted by Gasteiger charge is -2.25. The number of halogens is 1. The number of rotatable bonds is 5. The molecule has 0 radical (unpaired) electrons. The lowest BCUT2D eigenvalue weighted by atomic mass is 9.89. The molecule has 2 atom stereocenters. The van der Waals surface area contributed by atoms with E-state index in [-0.39, 0.29) is 0 Å². The van der Waals surface area contributed by atoms with Gasteiger partial charge in [-0.1, -0.05) is 48.3 Å². The molecule has 2 unspecified atom stereocenters. The van der Waals surface area contributed by atoms with Crippen molar-refractivity contribution in [2.24, 2.45) is 5.92 Å². The summed E-state index contributed by atoms with van der Waals surface area (Å²) in [6.45, 7) is 8.91. The SMILES string of the molecule is CCCC(C)C(NC)c1cc(C)c(Br)c(C)c1. The average molecular weight is 298 g/mol. The summed E-state index contributed by atoms with van der Waals surface area (Å²) in [6.07, 6.45) is 2.51. The van der Waals surface area contributed by atoms with E-state index in [0.29, 0.717) is 12.0 Å². The number of nitrogens with one attached hydrogen (secondary N) is 1. The van der Waals surface area contributed by atoms with Crippen LogP contribution >= 0.6 is 15.9 Å². The van der Waals surface area contributed by atoms with E-state index in [9.17, 15) is 0 Å². The minimum atomic E-state index is 0.459. The zero-order chi connectivity index (χ0) is 13.0. The largest absolute Gasteiger partial charge is 0.313 e. The van der Waals surface area contributed by atoms with Crippen molar-refractivity contribution in [2.75, 3.05) is 7.05 Å². The summed E-state index contributed by atoms with van der Waals surface area (Å²) in [5, 5.41) is 3.46. The Morgan fingerprint density at radius 1 is 1.24 bits per heavy atom. The van der Waals surface area contributed by atoms with E-state index in [0.717, 1.165) is 0 Å². The van der Waals surface area contributed by atoms with E-state index in [2.05, 4.69) is 68.1 Å². The molecule has 96 valence electrons. The van der Waals surface area contributed by atoms with Crippen molar-refractivity contribution in [1.82, 2.24) is 5.32 Å². The van der Waals surface area contributed by atoms with Crippen molar-refractivity contribution < 1.29 is 0 Å². The van der Waals surface area contributed by atoms with Crippen LogP contribution in [0, 0.1) is 19.8 Å². The number of benzene rings is 1. The first-order chi connectivity index (χ1) is 8.01. The van der Waals surface area contributed by atoms with Crippen LogP contribution in [-0.4, -0.2) is 7.05 Å². The predicted molar refractivity (Wildman–Crippen MR) is 79.5 cm³/mol. The smallest absolute Gasteiger partial charge is 0.0343 e. The fraction of sp³-hybridized carbons (Fsp3) is 0.600. The van der Waals surface area contributed by atoms with Crippen molar-refractivity contribution in [2.45, 2.75) is 46.6 Å². The maximum atomic E-state index is 3.63. The van der Waals surface area contributed by atoms with E-state index >= 15 is 0 Å². The second-order valence-electron chi connectivity index (χ2n) is 5.00. The van der Waals surface area contributed by atoms with E-state index in [1.165, 1.54) is 34.0 Å². The van der Waals surface area contributed by atoms with Crippen LogP contribution in [0.25, 0.3) is 0 Å². The fourth-order valence-electron chi connectivity index (χ4n) is 2.56. The second kappa shape index (κ2) is 6.55. The van der Waals surface area contributed by atoms with Gasteiger partial charge in [0.2, 0.25) is 0 Å². The molecule has 0 saturated heterocycles. The molecule has 0 aliphatic carbocycles. The zero-order valence-corrected chi connectivity index (χ0v) is 13.2. The normalized spacial score (nSPS) is 14.7. The Hall–Kier alpha value is -0.340. The molecule has 1 aromatic carbocycles. The van der Waals surface area contributed by atoms with Crippen molar-refractivity contribution in [1.29, 1.82) is 0 Å². The third-order valence-corrected chi connectivity index (χ3v) is 4.69. The molecule has 0 spiro atoms. The molecule has 1 aromatic rings. The lowest BCUT2D eigenvalue weighted by molar-refractivity contribution is 0.383. The van der Waals surface area contributed by atoms with Gasteiger partial charge in [0.15, 0.2) is 0 Å². The van der Waals surface area contributed by atoms with Gasteiger partial charge >= 0.3 is 0 Å². The van der Waals surface area contributed by atoms with Gasteiger partial charge in [0.25, 0.3) is 0 Å². The lowest BCUT2D eigenvalue weighted by Crippen LogP contribution is -2.23. The van der Waals surface area contributed by atoms with Crippen molar-refractivity contribution in [3.8, 4) is 0 Å². The van der Waals surface area contributed by atoms with Crippen LogP contribution in [-0.2, 0) is 0 Å². The molecule has 0 heterocycles. The molecule has 0 saturated carbocycles. The van der Waals surface area contributed by atoms with Crippen LogP contribution in [0.4, 0.5) is 0 Å². The molecule has 1 nitrogen and oxygen atoms in total. The first-order valence-electron chi connectivity index (χ1n) is 6.45. The molecular weight excluding hydrogens is 274 g/mol. The maximum Gasteiger partial charge on any atom is 0.0343 e. The first-order valence-corrected chi connectivity index (χ1v) is 7.24. The monoisotopic (exact) mass is 297 g/mol. The molecule has 0 bridgehead atoms. The Kier molecular flexibility index (Phi) is 5.68. The molecule has 1 rings (SSSR count). The summed E-state index contributed by atoms with van der Waals surface area (Å²) < 4.78 is 1.24. The number of hydrogen-bond acceptors (Lipinski definition) is 1. The molecule has 17 heavy (non-hydrogen) atoms. The quantitative estimate of drug-likeness (QED) is 0.826. The summed E-state index contributed by atoms with van der Waals surface area (Å²) in [5.74, 6) is 0.671. The van der Waals surface area contributed by atoms with Gasteiger partial charge in [0, 0.05) is 10.5 Å². The molecule has 2 heteroatoms. The van der Waals surface area contributed by atoms with Gasteiger partial charge in [-0.15, -0.1) is 0 Å². The second-order valence-corrected chi connectivity index (χ2v) is 5.79. The van der Waals surface area contributed by atoms with E-state index < -0.39 is 0 Å². The Balaban J connectivity index is 3.04. The zero-order valence-electron chi connectivity index (χ0n) is 11.6. The highest BCUT2D eigenvalue weighted by Crippen LogP contribution is 2.30. The third kappa shape index (κ3) is 3.56. The summed E-state index contributed by atoms with van der Waals surface area (Å²) in [5.41, 5.74) is 4.06. The van der Waals surface area contributed by atoms with Crippen LogP contribution in [0.3, 0.4) is 0 Å². The minimum Gasteiger partial charge on any atom is -0.313 e. The Morgan fingerprint density at radius 3 is 2.18 bits per heavy atom. The van der Waals surface area contributed by atoms with Crippen molar-refractivity contribution >= 4 is 15.9 Å². The molecule has 0 aromatic heterocycles. The van der Waals surface area contributed by atoms with Crippen molar-refractivity contribution in [3.63, 3.8) is 0 Å². The van der Waals surface area contributed by atoms with E-state index in [1.54, 1.807) is 0 Å². The third-order valence-electron chi connectivity index (χ3n) is 3.44. The van der Waals surface area contributed by atoms with Crippen LogP contribution in [0.15, 0.2) is 16.6 Å². The highest BCUT2D eigenvalue weighted by atomic mass is 79.9. The first kappa shape index (κ1) is 14.7. The van der Waals surface area contributed by atoms with Gasteiger partial charge in [-0.25, -0.2) is 0 Å². The fourth-order valence-corrected chi connectivity index (χ4v) is 2.79. The molecule has 0 fully saturated rings. The number of hydrogen-bond donors (Lipinski definition) is 1. The Morgan fingerprint density at radius 2 is 1.76 bits per heavy atom. The van der Waals surface area contributed by atoms with Gasteiger partial charge < -0.3 is 5.32 Å². The van der Waals surface area contributed by atoms with Gasteiger partial charge in [-0.2, -0.15) is 0 Å². The molecule has 0 amide bonds. The standard InChI is InChI=1S/C15H24BrN/c1-6-7-10(2)15(17-5)13-8-11(3)14(16)12(4)9-13/h8-10,15,17H,6-7H2,1-5H3. The van der Waals surface area contributed by atoms with Crippen LogP contribution in [0.2, 0.25) is 0 Å². The van der Waals surface area contributed by atoms with E-state index in [1.807, 2.05) is 0 Å². The van der Waals surface area contributed by atoms with Crippen LogP contribution in [0.5, 0.6) is 0 Å². The van der Waals surface area contributed by atoms with Gasteiger partial charge in [-0.3, -0.25) is 0 Å². The highest BCUT2D eigenvalue weighted by Gasteiger charge is 2.18. The Bertz CT molecular complexity index is 350. The summed E-state index contributed by atoms with van der Waals surface area (Å²) in [4.78, 5) is 0. The molecule has 1 N–H and O–H groups in total. The topological polar surface area (TPSA) is 12.0 Å². The predicted octanol–water partition coefficient (Wildman–Crippen LogP) is 4.76. The van der Waals surface area contributed by atoms with Gasteiger partial charge in [0.1, 0.15) is 0 Å². The van der Waals surface area contributed by atoms with Gasteiger partial charge in [-0.05, 0) is 49.9 Å². The van der Waals surface area contributed by atoms with Gasteiger partial charge in [0.05, 0.1) is 0 Å². The summed E-state index contributed by atoms with van der Waals surface area (Å²) in [6, 6.07) is 5.05. The molecule has 0 aliphatic heterocycles. The minimum absolute atomic E-state index is 0.459. The van der Waals surface area contributed by atoms with Crippen molar-refractivity contribution in [3.05, 3.63) is 33.3 Å². The number of aryl methyl sites for hydroxylation is 2. The van der Waals surface area contributed by atoms with E-state index in [4.69, 9.17) is 0 Å². The molecule has 0 aliphatic rings. The summed E-state index contributed by atoms with van der Waals surface area (Å²) >= 11 is 3.63. The maximum absolute atomic E-state index is 3.63. The van der Waals surface area contributed by atoms with Crippen LogP contribution in [0.1, 0.15) is 49.4 Å². The highest BCUT2D eigenvalue weighted by molar-refractivity contribution is 9.10. The van der Waals surface area contributed by atoms with Crippen LogP contribution < -0.4 is 5.32 Å². The summed E-state index contributed by atoms with van der Waals surface area (Å²) in [7, 11) is 2.06.